The summed E-state index contributed by atoms with van der Waals surface area (Å²) in [5.41, 5.74) is 12.1. The normalized spacial score (nSPS) is 12.1. The Labute approximate surface area is 94.6 Å². The van der Waals surface area contributed by atoms with Crippen molar-refractivity contribution in [3.8, 4) is 5.75 Å². The molecule has 0 aromatic heterocycles. The molecule has 0 aliphatic heterocycles. The number of allylic oxidation sites excluding steroid dienone is 1. The van der Waals surface area contributed by atoms with Crippen molar-refractivity contribution in [2.45, 2.75) is 18.9 Å². The van der Waals surface area contributed by atoms with Gasteiger partial charge < -0.3 is 16.6 Å². The van der Waals surface area contributed by atoms with Crippen LogP contribution in [0.5, 0.6) is 5.75 Å². The van der Waals surface area contributed by atoms with Gasteiger partial charge in [0.15, 0.2) is 0 Å². The molecule has 4 heteroatoms. The fourth-order valence-electron chi connectivity index (χ4n) is 1.56. The molecular formula is C12H16N2O2. The molecule has 0 aliphatic carbocycles. The number of aromatic hydroxyl groups is 1. The van der Waals surface area contributed by atoms with Gasteiger partial charge in [-0.05, 0) is 12.0 Å². The summed E-state index contributed by atoms with van der Waals surface area (Å²) in [7, 11) is 0. The summed E-state index contributed by atoms with van der Waals surface area (Å²) in [5.74, 6) is -0.364. The molecule has 1 aromatic carbocycles. The molecule has 0 saturated heterocycles. The average Bonchev–Trinajstić information content (AvgIpc) is 2.20. The molecule has 0 saturated carbocycles. The van der Waals surface area contributed by atoms with Gasteiger partial charge in [0.2, 0.25) is 5.91 Å². The summed E-state index contributed by atoms with van der Waals surface area (Å²) in [5, 5.41) is 9.92. The van der Waals surface area contributed by atoms with Gasteiger partial charge in [-0.3, -0.25) is 4.79 Å². The molecular weight excluding hydrogens is 204 g/mol. The molecule has 1 atom stereocenters. The third-order valence-electron chi connectivity index (χ3n) is 2.34. The third kappa shape index (κ3) is 2.84. The van der Waals surface area contributed by atoms with Crippen molar-refractivity contribution < 1.29 is 9.90 Å². The smallest absolute Gasteiger partial charge is 0.219 e. The molecule has 4 nitrogen and oxygen atoms in total. The Bertz CT molecular complexity index is 402. The monoisotopic (exact) mass is 220 g/mol. The van der Waals surface area contributed by atoms with Crippen molar-refractivity contribution in [1.82, 2.24) is 0 Å². The summed E-state index contributed by atoms with van der Waals surface area (Å²) in [4.78, 5) is 10.7. The number of hydrogen-bond acceptors (Lipinski definition) is 3. The maximum atomic E-state index is 10.7. The van der Waals surface area contributed by atoms with Crippen molar-refractivity contribution in [3.05, 3.63) is 42.0 Å². The Morgan fingerprint density at radius 2 is 2.25 bits per heavy atom. The summed E-state index contributed by atoms with van der Waals surface area (Å²) >= 11 is 0. The zero-order valence-electron chi connectivity index (χ0n) is 9.02. The number of rotatable bonds is 5. The van der Waals surface area contributed by atoms with Crippen molar-refractivity contribution in [1.29, 1.82) is 0 Å². The van der Waals surface area contributed by atoms with Gasteiger partial charge in [0.05, 0.1) is 0 Å². The van der Waals surface area contributed by atoms with E-state index in [0.717, 1.165) is 5.56 Å². The lowest BCUT2D eigenvalue weighted by Gasteiger charge is -2.14. The lowest BCUT2D eigenvalue weighted by Crippen LogP contribution is -2.20. The van der Waals surface area contributed by atoms with Gasteiger partial charge in [-0.25, -0.2) is 0 Å². The molecule has 1 rings (SSSR count). The van der Waals surface area contributed by atoms with Crippen LogP contribution in [-0.4, -0.2) is 11.0 Å². The van der Waals surface area contributed by atoms with E-state index in [1.54, 1.807) is 24.3 Å². The number of primary amides is 1. The number of phenols is 1. The number of nitrogens with two attached hydrogens (primary N) is 2. The third-order valence-corrected chi connectivity index (χ3v) is 2.34. The Kier molecular flexibility index (Phi) is 4.08. The van der Waals surface area contributed by atoms with Crippen LogP contribution in [0.3, 0.4) is 0 Å². The maximum Gasteiger partial charge on any atom is 0.219 e. The van der Waals surface area contributed by atoms with E-state index in [0.29, 0.717) is 12.0 Å². The lowest BCUT2D eigenvalue weighted by atomic mass is 9.99. The largest absolute Gasteiger partial charge is 0.507 e. The Morgan fingerprint density at radius 3 is 2.81 bits per heavy atom. The van der Waals surface area contributed by atoms with Gasteiger partial charge in [-0.1, -0.05) is 24.3 Å². The summed E-state index contributed by atoms with van der Waals surface area (Å²) in [6.07, 6.45) is 2.27. The summed E-state index contributed by atoms with van der Waals surface area (Å²) in [6.45, 7) is 3.60. The number of carbonyl (C=O) groups excluding carboxylic acids is 1. The summed E-state index contributed by atoms with van der Waals surface area (Å²) in [6, 6.07) is 4.70. The van der Waals surface area contributed by atoms with Crippen LogP contribution in [0.1, 0.15) is 23.6 Å². The van der Waals surface area contributed by atoms with E-state index in [1.165, 1.54) is 0 Å². The first kappa shape index (κ1) is 12.3. The van der Waals surface area contributed by atoms with Crippen molar-refractivity contribution >= 4 is 5.91 Å². The second-order valence-electron chi connectivity index (χ2n) is 3.62. The first-order valence-electron chi connectivity index (χ1n) is 5.01. The van der Waals surface area contributed by atoms with Gasteiger partial charge in [0.25, 0.3) is 0 Å². The minimum absolute atomic E-state index is 0.0190. The highest BCUT2D eigenvalue weighted by molar-refractivity contribution is 5.74. The molecule has 0 spiro atoms. The summed E-state index contributed by atoms with van der Waals surface area (Å²) < 4.78 is 0. The van der Waals surface area contributed by atoms with Crippen LogP contribution in [0.15, 0.2) is 30.9 Å². The number of para-hydroxylation sites is 1. The molecule has 0 radical (unpaired) electrons. The van der Waals surface area contributed by atoms with Crippen LogP contribution in [0, 0.1) is 0 Å². The average molecular weight is 220 g/mol. The van der Waals surface area contributed by atoms with E-state index in [1.807, 2.05) is 0 Å². The van der Waals surface area contributed by atoms with E-state index >= 15 is 0 Å². The molecule has 0 heterocycles. The van der Waals surface area contributed by atoms with Crippen LogP contribution in [0.4, 0.5) is 0 Å². The fourth-order valence-corrected chi connectivity index (χ4v) is 1.56. The second kappa shape index (κ2) is 5.32. The topological polar surface area (TPSA) is 89.3 Å². The quantitative estimate of drug-likeness (QED) is 0.646. The zero-order valence-corrected chi connectivity index (χ0v) is 9.02. The molecule has 0 fully saturated rings. The highest BCUT2D eigenvalue weighted by Crippen LogP contribution is 2.28. The number of phenolic OH excluding ortho intramolecular Hbond substituents is 1. The van der Waals surface area contributed by atoms with Crippen LogP contribution in [0.2, 0.25) is 0 Å². The maximum absolute atomic E-state index is 10.7. The van der Waals surface area contributed by atoms with E-state index in [4.69, 9.17) is 11.5 Å². The molecule has 0 aliphatic rings. The highest BCUT2D eigenvalue weighted by Gasteiger charge is 2.15. The van der Waals surface area contributed by atoms with Gasteiger partial charge >= 0.3 is 0 Å². The Balaban J connectivity index is 2.99. The van der Waals surface area contributed by atoms with Crippen LogP contribution >= 0.6 is 0 Å². The molecule has 86 valence electrons. The SMILES string of the molecule is C=CCc1cccc(C(N)CC(N)=O)c1O. The Morgan fingerprint density at radius 1 is 1.56 bits per heavy atom. The minimum atomic E-state index is -0.567. The predicted octanol–water partition coefficient (Wildman–Crippen LogP) is 0.996. The van der Waals surface area contributed by atoms with E-state index in [9.17, 15) is 9.90 Å². The minimum Gasteiger partial charge on any atom is -0.507 e. The molecule has 5 N–H and O–H groups in total. The molecule has 1 amide bonds. The van der Waals surface area contributed by atoms with Crippen molar-refractivity contribution in [2.24, 2.45) is 11.5 Å². The van der Waals surface area contributed by atoms with E-state index in [2.05, 4.69) is 6.58 Å². The van der Waals surface area contributed by atoms with Gasteiger partial charge in [0, 0.05) is 18.0 Å². The first-order chi connectivity index (χ1) is 7.56. The molecule has 0 bridgehead atoms. The standard InChI is InChI=1S/C12H16N2O2/c1-2-4-8-5-3-6-9(12(8)16)10(13)7-11(14)15/h2-3,5-6,10,16H,1,4,7,13H2,(H2,14,15). The first-order valence-corrected chi connectivity index (χ1v) is 5.01. The van der Waals surface area contributed by atoms with Gasteiger partial charge in [0.1, 0.15) is 5.75 Å². The van der Waals surface area contributed by atoms with Crippen molar-refractivity contribution in [2.75, 3.05) is 0 Å². The second-order valence-corrected chi connectivity index (χ2v) is 3.62. The zero-order chi connectivity index (χ0) is 12.1. The fraction of sp³-hybridized carbons (Fsp3) is 0.250. The number of benzene rings is 1. The molecule has 16 heavy (non-hydrogen) atoms. The molecule has 1 aromatic rings. The molecule has 1 unspecified atom stereocenters. The van der Waals surface area contributed by atoms with Gasteiger partial charge in [-0.2, -0.15) is 0 Å². The van der Waals surface area contributed by atoms with Crippen LogP contribution < -0.4 is 11.5 Å². The highest BCUT2D eigenvalue weighted by atomic mass is 16.3. The number of hydrogen-bond donors (Lipinski definition) is 3. The van der Waals surface area contributed by atoms with Crippen molar-refractivity contribution in [3.63, 3.8) is 0 Å². The van der Waals surface area contributed by atoms with E-state index in [-0.39, 0.29) is 12.2 Å². The lowest BCUT2D eigenvalue weighted by molar-refractivity contribution is -0.118. The number of amides is 1. The van der Waals surface area contributed by atoms with Crippen LogP contribution in [0.25, 0.3) is 0 Å². The van der Waals surface area contributed by atoms with Gasteiger partial charge in [-0.15, -0.1) is 6.58 Å². The number of carbonyl (C=O) groups is 1. The van der Waals surface area contributed by atoms with Crippen LogP contribution in [-0.2, 0) is 11.2 Å². The van der Waals surface area contributed by atoms with E-state index < -0.39 is 11.9 Å². The predicted molar refractivity (Wildman–Crippen MR) is 62.7 cm³/mol. The Hall–Kier alpha value is -1.81.